The molecule has 0 spiro atoms. The Labute approximate surface area is 421 Å². The molecule has 73 heavy (non-hydrogen) atoms. The van der Waals surface area contributed by atoms with E-state index >= 15 is 0 Å². The number of aromatic nitrogens is 4. The zero-order valence-corrected chi connectivity index (χ0v) is 40.5. The maximum Gasteiger partial charge on any atom is 0.361 e. The van der Waals surface area contributed by atoms with Crippen LogP contribution in [0.2, 0.25) is 0 Å². The van der Waals surface area contributed by atoms with Crippen LogP contribution in [0.3, 0.4) is 0 Å². The fourth-order valence-corrected chi connectivity index (χ4v) is 10.7. The van der Waals surface area contributed by atoms with E-state index in [2.05, 4.69) is 45.3 Å². The van der Waals surface area contributed by atoms with Crippen LogP contribution in [0.5, 0.6) is 0 Å². The van der Waals surface area contributed by atoms with Crippen LogP contribution in [-0.2, 0) is 19.1 Å². The number of anilines is 3. The van der Waals surface area contributed by atoms with Gasteiger partial charge in [-0.3, -0.25) is 38.9 Å². The molecule has 1 unspecified atom stereocenters. The molecule has 2 aromatic heterocycles. The number of amides is 5. The quantitative estimate of drug-likeness (QED) is 0.0967. The third kappa shape index (κ3) is 11.2. The summed E-state index contributed by atoms with van der Waals surface area (Å²) in [7, 11) is 0. The number of fused-ring (bicyclic) bond motifs is 1. The Bertz CT molecular complexity index is 2860. The smallest absolute Gasteiger partial charge is 0.361 e. The third-order valence-electron chi connectivity index (χ3n) is 14.8. The maximum atomic E-state index is 13.6. The second-order valence-corrected chi connectivity index (χ2v) is 19.6. The molecule has 4 fully saturated rings. The minimum absolute atomic E-state index is 0.0915. The molecule has 5 aliphatic rings. The number of piperazine rings is 1. The first-order chi connectivity index (χ1) is 35.4. The lowest BCUT2D eigenvalue weighted by Gasteiger charge is -2.39. The Kier molecular flexibility index (Phi) is 14.6. The SMILES string of the molecule is Nc1ncc(-c2cnn(C3CCN(CCCN4CCN(CC5CCN(c6ccc7c(c6)C(=O)N(C6CCC(=O)NC6=O)C7=O)CC5)CC4)CC3)c2)nc1C(=O)O[C@@H](C(=O)Nc1ccc(F)cc1)c1ccccc1. The number of benzene rings is 3. The van der Waals surface area contributed by atoms with E-state index < -0.39 is 53.5 Å². The fraction of sp³-hybridized carbons (Fsp3) is 0.415. The summed E-state index contributed by atoms with van der Waals surface area (Å²) in [5, 5.41) is 9.59. The van der Waals surface area contributed by atoms with Gasteiger partial charge in [0.2, 0.25) is 17.9 Å². The predicted molar refractivity (Wildman–Crippen MR) is 268 cm³/mol. The Morgan fingerprint density at radius 2 is 1.49 bits per heavy atom. The number of nitrogens with zero attached hydrogens (tertiary/aromatic N) is 9. The highest BCUT2D eigenvalue weighted by molar-refractivity contribution is 6.23. The summed E-state index contributed by atoms with van der Waals surface area (Å²) in [5.41, 5.74) is 9.23. The molecule has 4 N–H and O–H groups in total. The van der Waals surface area contributed by atoms with E-state index in [1.165, 1.54) is 30.5 Å². The fourth-order valence-electron chi connectivity index (χ4n) is 10.7. The summed E-state index contributed by atoms with van der Waals surface area (Å²) in [6.45, 7) is 11.1. The van der Waals surface area contributed by atoms with Crippen LogP contribution < -0.4 is 21.3 Å². The molecule has 10 rings (SSSR count). The number of nitrogens with two attached hydrogens (primary N) is 1. The number of carbonyl (C=O) groups excluding carboxylic acids is 6. The van der Waals surface area contributed by atoms with Crippen LogP contribution in [0.15, 0.2) is 91.4 Å². The summed E-state index contributed by atoms with van der Waals surface area (Å²) in [4.78, 5) is 97.4. The molecule has 0 radical (unpaired) electrons. The summed E-state index contributed by atoms with van der Waals surface area (Å²) in [6.07, 6.45) is 9.06. The molecule has 0 aliphatic carbocycles. The number of halogens is 1. The van der Waals surface area contributed by atoms with Gasteiger partial charge in [-0.1, -0.05) is 30.3 Å². The molecule has 5 aliphatic heterocycles. The number of nitrogen functional groups attached to an aromatic ring is 1. The average molecular weight is 995 g/mol. The summed E-state index contributed by atoms with van der Waals surface area (Å²) in [6, 6.07) is 18.4. The highest BCUT2D eigenvalue weighted by atomic mass is 19.1. The van der Waals surface area contributed by atoms with Gasteiger partial charge in [0.15, 0.2) is 11.5 Å². The molecule has 3 aromatic carbocycles. The van der Waals surface area contributed by atoms with Crippen molar-refractivity contribution in [2.75, 3.05) is 87.9 Å². The molecule has 5 amide bonds. The minimum Gasteiger partial charge on any atom is -0.442 e. The molecule has 20 heteroatoms. The van der Waals surface area contributed by atoms with E-state index in [9.17, 15) is 33.2 Å². The molecule has 19 nitrogen and oxygen atoms in total. The Morgan fingerprint density at radius 3 is 2.22 bits per heavy atom. The van der Waals surface area contributed by atoms with Gasteiger partial charge >= 0.3 is 5.97 Å². The number of likely N-dealkylation sites (tertiary alicyclic amines) is 1. The number of imide groups is 2. The lowest BCUT2D eigenvalue weighted by Crippen LogP contribution is -2.54. The molecular formula is C53H59FN12O7. The molecule has 7 heterocycles. The van der Waals surface area contributed by atoms with Crippen LogP contribution in [0.4, 0.5) is 21.6 Å². The van der Waals surface area contributed by atoms with E-state index in [1.54, 1.807) is 48.7 Å². The van der Waals surface area contributed by atoms with Crippen LogP contribution in [0.1, 0.15) is 93.9 Å². The third-order valence-corrected chi connectivity index (χ3v) is 14.8. The van der Waals surface area contributed by atoms with E-state index in [0.717, 1.165) is 115 Å². The van der Waals surface area contributed by atoms with Gasteiger partial charge in [0, 0.05) is 94.0 Å². The van der Waals surface area contributed by atoms with Gasteiger partial charge in [-0.2, -0.15) is 5.10 Å². The van der Waals surface area contributed by atoms with E-state index in [1.807, 2.05) is 16.9 Å². The van der Waals surface area contributed by atoms with Crippen LogP contribution in [0.25, 0.3) is 11.3 Å². The van der Waals surface area contributed by atoms with Crippen LogP contribution >= 0.6 is 0 Å². The summed E-state index contributed by atoms with van der Waals surface area (Å²) >= 11 is 0. The standard InChI is InChI=1S/C53H59FN12O7/c54-37-7-9-38(10-8-37)58-50(69)47(35-5-2-1-3-6-35)73-53(72)46-48(55)56-31-43(59-46)36-30-57-65(33-36)39-17-21-61(22-18-39)19-4-20-62-25-27-63(28-26-62)32-34-15-23-64(24-16-34)40-11-12-41-42(29-40)52(71)66(51(41)70)44-13-14-45(67)60-49(44)68/h1-3,5-12,29-31,33-34,39,44,47H,4,13-28,32H2,(H2,55,56)(H,58,69)(H,60,67,68)/t44?,47-/m1/s1. The number of hydrogen-bond acceptors (Lipinski definition) is 15. The van der Waals surface area contributed by atoms with Gasteiger partial charge in [-0.05, 0) is 100.0 Å². The van der Waals surface area contributed by atoms with Gasteiger partial charge in [0.25, 0.3) is 17.7 Å². The number of rotatable bonds is 15. The van der Waals surface area contributed by atoms with Crippen molar-refractivity contribution in [2.24, 2.45) is 5.92 Å². The first-order valence-electron chi connectivity index (χ1n) is 25.2. The van der Waals surface area contributed by atoms with Crippen molar-refractivity contribution in [1.82, 2.24) is 44.7 Å². The highest BCUT2D eigenvalue weighted by Gasteiger charge is 2.45. The average Bonchev–Trinajstić information content (AvgIpc) is 3.99. The monoisotopic (exact) mass is 994 g/mol. The van der Waals surface area contributed by atoms with Crippen molar-refractivity contribution in [3.8, 4) is 11.3 Å². The van der Waals surface area contributed by atoms with Crippen molar-refractivity contribution in [1.29, 1.82) is 0 Å². The summed E-state index contributed by atoms with van der Waals surface area (Å²) in [5.74, 6) is -3.53. The van der Waals surface area contributed by atoms with E-state index in [0.29, 0.717) is 39.6 Å². The molecule has 0 bridgehead atoms. The summed E-state index contributed by atoms with van der Waals surface area (Å²) < 4.78 is 21.2. The van der Waals surface area contributed by atoms with E-state index in [4.69, 9.17) is 10.5 Å². The van der Waals surface area contributed by atoms with Crippen molar-refractivity contribution in [3.63, 3.8) is 0 Å². The zero-order chi connectivity index (χ0) is 50.6. The van der Waals surface area contributed by atoms with Gasteiger partial charge in [0.1, 0.15) is 11.9 Å². The molecule has 5 aromatic rings. The Hall–Kier alpha value is -7.42. The van der Waals surface area contributed by atoms with Crippen molar-refractivity contribution in [2.45, 2.75) is 63.1 Å². The van der Waals surface area contributed by atoms with Gasteiger partial charge in [-0.15, -0.1) is 0 Å². The van der Waals surface area contributed by atoms with Crippen LogP contribution in [0, 0.1) is 11.7 Å². The van der Waals surface area contributed by atoms with E-state index in [-0.39, 0.29) is 30.4 Å². The zero-order valence-electron chi connectivity index (χ0n) is 40.5. The second-order valence-electron chi connectivity index (χ2n) is 19.6. The Morgan fingerprint density at radius 1 is 0.795 bits per heavy atom. The number of esters is 1. The van der Waals surface area contributed by atoms with Crippen molar-refractivity contribution in [3.05, 3.63) is 120 Å². The van der Waals surface area contributed by atoms with Gasteiger partial charge in [-0.25, -0.2) is 19.2 Å². The Balaban J connectivity index is 0.636. The molecular weight excluding hydrogens is 936 g/mol. The second kappa shape index (κ2) is 21.7. The number of ether oxygens (including phenoxy) is 1. The van der Waals surface area contributed by atoms with Gasteiger partial charge < -0.3 is 35.4 Å². The van der Waals surface area contributed by atoms with Crippen molar-refractivity contribution < 1.29 is 37.9 Å². The lowest BCUT2D eigenvalue weighted by atomic mass is 9.95. The molecule has 2 atom stereocenters. The molecule has 380 valence electrons. The number of piperidine rings is 3. The van der Waals surface area contributed by atoms with Gasteiger partial charge in [0.05, 0.1) is 35.3 Å². The number of hydrogen-bond donors (Lipinski definition) is 3. The minimum atomic E-state index is -1.36. The molecule has 4 saturated heterocycles. The molecule has 0 saturated carbocycles. The number of nitrogens with one attached hydrogen (secondary N) is 2. The van der Waals surface area contributed by atoms with Crippen molar-refractivity contribution >= 4 is 52.7 Å². The first-order valence-corrected chi connectivity index (χ1v) is 25.2. The number of carbonyl (C=O) groups is 6. The first kappa shape index (κ1) is 49.2. The highest BCUT2D eigenvalue weighted by Crippen LogP contribution is 2.33. The lowest BCUT2D eigenvalue weighted by molar-refractivity contribution is -0.136. The largest absolute Gasteiger partial charge is 0.442 e. The normalized spacial score (nSPS) is 20.0. The maximum absolute atomic E-state index is 13.6. The van der Waals surface area contributed by atoms with Crippen LogP contribution in [-0.4, -0.2) is 153 Å². The predicted octanol–water partition coefficient (Wildman–Crippen LogP) is 4.56. The topological polar surface area (TPSA) is 222 Å².